The molecule has 0 fully saturated rings. The first kappa shape index (κ1) is 8.50. The van der Waals surface area contributed by atoms with Gasteiger partial charge < -0.3 is 4.42 Å². The van der Waals surface area contributed by atoms with E-state index >= 15 is 0 Å². The fraction of sp³-hybridized carbons (Fsp3) is 0.250. The van der Waals surface area contributed by atoms with Gasteiger partial charge in [-0.2, -0.15) is 0 Å². The second-order valence-corrected chi connectivity index (χ2v) is 3.33. The molecule has 0 aliphatic heterocycles. The van der Waals surface area contributed by atoms with Gasteiger partial charge in [0, 0.05) is 18.1 Å². The topological polar surface area (TPSA) is 48.0 Å². The van der Waals surface area contributed by atoms with Crippen molar-refractivity contribution >= 4 is 27.2 Å². The lowest BCUT2D eigenvalue weighted by Crippen LogP contribution is -2.14. The summed E-state index contributed by atoms with van der Waals surface area (Å²) in [6.45, 7) is 0.595. The van der Waals surface area contributed by atoms with Gasteiger partial charge in [-0.3, -0.25) is 4.57 Å². The first-order valence-electron chi connectivity index (χ1n) is 3.83. The van der Waals surface area contributed by atoms with Crippen molar-refractivity contribution in [2.45, 2.75) is 6.54 Å². The SMILES string of the molecule is O=c1oc2ncccc2n1CCBr. The summed E-state index contributed by atoms with van der Waals surface area (Å²) in [6.07, 6.45) is 1.60. The molecule has 68 valence electrons. The summed E-state index contributed by atoms with van der Waals surface area (Å²) in [5.41, 5.74) is 1.14. The molecule has 0 saturated carbocycles. The van der Waals surface area contributed by atoms with Crippen molar-refractivity contribution in [1.29, 1.82) is 0 Å². The summed E-state index contributed by atoms with van der Waals surface area (Å²) in [5.74, 6) is -0.354. The molecule has 0 aliphatic carbocycles. The van der Waals surface area contributed by atoms with Crippen LogP contribution in [0.15, 0.2) is 27.5 Å². The quantitative estimate of drug-likeness (QED) is 0.748. The smallest absolute Gasteiger partial charge is 0.389 e. The van der Waals surface area contributed by atoms with Crippen LogP contribution >= 0.6 is 15.9 Å². The Morgan fingerprint density at radius 1 is 1.62 bits per heavy atom. The Labute approximate surface area is 82.3 Å². The molecule has 2 aromatic heterocycles. The number of halogens is 1. The summed E-state index contributed by atoms with van der Waals surface area (Å²) in [6, 6.07) is 3.60. The van der Waals surface area contributed by atoms with Gasteiger partial charge in [-0.25, -0.2) is 9.78 Å². The van der Waals surface area contributed by atoms with E-state index in [4.69, 9.17) is 4.42 Å². The van der Waals surface area contributed by atoms with Crippen molar-refractivity contribution < 1.29 is 4.42 Å². The zero-order valence-electron chi connectivity index (χ0n) is 6.74. The van der Waals surface area contributed by atoms with Crippen molar-refractivity contribution in [3.63, 3.8) is 0 Å². The molecule has 0 bridgehead atoms. The van der Waals surface area contributed by atoms with Crippen LogP contribution in [-0.2, 0) is 6.54 Å². The van der Waals surface area contributed by atoms with Crippen LogP contribution in [0.4, 0.5) is 0 Å². The van der Waals surface area contributed by atoms with E-state index in [2.05, 4.69) is 20.9 Å². The van der Waals surface area contributed by atoms with E-state index in [0.717, 1.165) is 10.8 Å². The standard InChI is InChI=1S/C8H7BrN2O2/c9-3-5-11-6-2-1-4-10-7(6)13-8(11)12/h1-2,4H,3,5H2. The van der Waals surface area contributed by atoms with Gasteiger partial charge in [0.2, 0.25) is 5.71 Å². The lowest BCUT2D eigenvalue weighted by atomic mass is 10.4. The summed E-state index contributed by atoms with van der Waals surface area (Å²) in [5, 5.41) is 0.719. The highest BCUT2D eigenvalue weighted by molar-refractivity contribution is 9.09. The van der Waals surface area contributed by atoms with E-state index in [-0.39, 0.29) is 5.76 Å². The number of aromatic nitrogens is 2. The fourth-order valence-corrected chi connectivity index (χ4v) is 1.55. The van der Waals surface area contributed by atoms with Crippen LogP contribution in [0.1, 0.15) is 0 Å². The highest BCUT2D eigenvalue weighted by Crippen LogP contribution is 2.08. The van der Waals surface area contributed by atoms with Crippen molar-refractivity contribution in [1.82, 2.24) is 9.55 Å². The lowest BCUT2D eigenvalue weighted by Gasteiger charge is -1.95. The Kier molecular flexibility index (Phi) is 2.18. The Morgan fingerprint density at radius 3 is 3.23 bits per heavy atom. The lowest BCUT2D eigenvalue weighted by molar-refractivity contribution is 0.508. The number of nitrogens with zero attached hydrogens (tertiary/aromatic N) is 2. The monoisotopic (exact) mass is 242 g/mol. The third-order valence-electron chi connectivity index (χ3n) is 1.75. The average Bonchev–Trinajstić information content (AvgIpc) is 2.44. The largest absolute Gasteiger partial charge is 0.421 e. The molecule has 0 unspecified atom stereocenters. The molecule has 5 heteroatoms. The van der Waals surface area contributed by atoms with Crippen LogP contribution in [0.2, 0.25) is 0 Å². The average molecular weight is 243 g/mol. The van der Waals surface area contributed by atoms with Gasteiger partial charge in [-0.05, 0) is 12.1 Å². The number of pyridine rings is 1. The molecule has 2 rings (SSSR count). The molecule has 0 saturated heterocycles. The van der Waals surface area contributed by atoms with E-state index in [1.165, 1.54) is 0 Å². The minimum absolute atomic E-state index is 0.354. The predicted octanol–water partition coefficient (Wildman–Crippen LogP) is 1.38. The van der Waals surface area contributed by atoms with Gasteiger partial charge in [0.25, 0.3) is 0 Å². The van der Waals surface area contributed by atoms with Crippen LogP contribution in [0, 0.1) is 0 Å². The third-order valence-corrected chi connectivity index (χ3v) is 2.11. The molecule has 0 N–H and O–H groups in total. The van der Waals surface area contributed by atoms with Gasteiger partial charge in [0.05, 0.1) is 0 Å². The Balaban J connectivity index is 2.71. The predicted molar refractivity (Wildman–Crippen MR) is 52.1 cm³/mol. The number of fused-ring (bicyclic) bond motifs is 1. The summed E-state index contributed by atoms with van der Waals surface area (Å²) in [7, 11) is 0. The number of rotatable bonds is 2. The second kappa shape index (κ2) is 3.33. The first-order valence-corrected chi connectivity index (χ1v) is 4.95. The normalized spacial score (nSPS) is 10.8. The minimum atomic E-state index is -0.354. The highest BCUT2D eigenvalue weighted by atomic mass is 79.9. The second-order valence-electron chi connectivity index (χ2n) is 2.54. The number of oxazole rings is 1. The number of hydrogen-bond acceptors (Lipinski definition) is 3. The summed E-state index contributed by atoms with van der Waals surface area (Å²) in [4.78, 5) is 15.2. The van der Waals surface area contributed by atoms with Gasteiger partial charge >= 0.3 is 5.76 Å². The molecule has 13 heavy (non-hydrogen) atoms. The molecular formula is C8H7BrN2O2. The van der Waals surface area contributed by atoms with E-state index in [9.17, 15) is 4.79 Å². The molecule has 0 radical (unpaired) electrons. The Bertz CT molecular complexity index is 474. The van der Waals surface area contributed by atoms with Crippen molar-refractivity contribution in [2.75, 3.05) is 5.33 Å². The zero-order chi connectivity index (χ0) is 9.26. The number of aryl methyl sites for hydroxylation is 1. The van der Waals surface area contributed by atoms with Crippen molar-refractivity contribution in [2.24, 2.45) is 0 Å². The van der Waals surface area contributed by atoms with Crippen LogP contribution in [-0.4, -0.2) is 14.9 Å². The number of hydrogen-bond donors (Lipinski definition) is 0. The zero-order valence-corrected chi connectivity index (χ0v) is 8.32. The number of alkyl halides is 1. The Hall–Kier alpha value is -1.10. The molecule has 4 nitrogen and oxygen atoms in total. The van der Waals surface area contributed by atoms with Gasteiger partial charge in [0.15, 0.2) is 0 Å². The van der Waals surface area contributed by atoms with E-state index in [1.807, 2.05) is 6.07 Å². The van der Waals surface area contributed by atoms with Crippen LogP contribution in [0.25, 0.3) is 11.2 Å². The van der Waals surface area contributed by atoms with E-state index in [0.29, 0.717) is 12.3 Å². The molecule has 2 heterocycles. The van der Waals surface area contributed by atoms with Gasteiger partial charge in [0.1, 0.15) is 5.52 Å². The summed E-state index contributed by atoms with van der Waals surface area (Å²) >= 11 is 3.27. The fourth-order valence-electron chi connectivity index (χ4n) is 1.20. The molecule has 0 aromatic carbocycles. The maximum atomic E-state index is 11.3. The molecule has 0 atom stereocenters. The van der Waals surface area contributed by atoms with Crippen LogP contribution in [0.5, 0.6) is 0 Å². The maximum absolute atomic E-state index is 11.3. The van der Waals surface area contributed by atoms with E-state index < -0.39 is 0 Å². The third kappa shape index (κ3) is 1.39. The molecule has 0 amide bonds. The molecular weight excluding hydrogens is 236 g/mol. The Morgan fingerprint density at radius 2 is 2.46 bits per heavy atom. The minimum Gasteiger partial charge on any atom is -0.389 e. The van der Waals surface area contributed by atoms with Gasteiger partial charge in [-0.1, -0.05) is 15.9 Å². The first-order chi connectivity index (χ1) is 6.33. The van der Waals surface area contributed by atoms with Crippen molar-refractivity contribution in [3.05, 3.63) is 28.9 Å². The van der Waals surface area contributed by atoms with Crippen molar-refractivity contribution in [3.8, 4) is 0 Å². The highest BCUT2D eigenvalue weighted by Gasteiger charge is 2.07. The molecule has 0 aliphatic rings. The molecule has 0 spiro atoms. The molecule has 2 aromatic rings. The van der Waals surface area contributed by atoms with E-state index in [1.54, 1.807) is 16.8 Å². The van der Waals surface area contributed by atoms with Crippen LogP contribution < -0.4 is 5.76 Å². The summed E-state index contributed by atoms with van der Waals surface area (Å²) < 4.78 is 6.48. The van der Waals surface area contributed by atoms with Gasteiger partial charge in [-0.15, -0.1) is 0 Å². The maximum Gasteiger partial charge on any atom is 0.421 e. The van der Waals surface area contributed by atoms with Crippen LogP contribution in [0.3, 0.4) is 0 Å².